The Kier molecular flexibility index (Phi) is 5.38. The maximum absolute atomic E-state index is 5.49. The first-order valence-corrected chi connectivity index (χ1v) is 11.3. The number of thiazole rings is 1. The van der Waals surface area contributed by atoms with Gasteiger partial charge in [-0.05, 0) is 25.0 Å². The lowest BCUT2D eigenvalue weighted by Gasteiger charge is -2.30. The Balaban J connectivity index is 1.43. The Labute approximate surface area is 174 Å². The van der Waals surface area contributed by atoms with E-state index in [4.69, 9.17) is 14.7 Å². The van der Waals surface area contributed by atoms with Crippen LogP contribution in [0.1, 0.15) is 50.4 Å². The molecule has 0 bridgehead atoms. The molecule has 28 heavy (non-hydrogen) atoms. The molecule has 1 saturated heterocycles. The standard InChI is InChI=1S/C21H26N4OS2/c1-21(2,3)19-23-20(28-24-19)25-11-9-14(10-12-25)18-22-16(13-27-18)15-7-5-6-8-17(15)26-4/h5-8,13-14H,9-12H2,1-4H3. The fraction of sp³-hybridized carbons (Fsp3) is 0.476. The van der Waals surface area contributed by atoms with Crippen molar-refractivity contribution >= 4 is 28.0 Å². The van der Waals surface area contributed by atoms with Crippen molar-refractivity contribution in [1.82, 2.24) is 14.3 Å². The normalized spacial score (nSPS) is 15.8. The molecule has 4 rings (SSSR count). The lowest BCUT2D eigenvalue weighted by Crippen LogP contribution is -2.32. The third-order valence-electron chi connectivity index (χ3n) is 5.11. The Morgan fingerprint density at radius 1 is 1.11 bits per heavy atom. The van der Waals surface area contributed by atoms with Gasteiger partial charge in [0, 0.05) is 46.9 Å². The highest BCUT2D eigenvalue weighted by Crippen LogP contribution is 2.37. The molecular formula is C21H26N4OS2. The van der Waals surface area contributed by atoms with Crippen LogP contribution in [-0.4, -0.2) is 34.5 Å². The van der Waals surface area contributed by atoms with E-state index in [2.05, 4.69) is 41.5 Å². The molecule has 1 aromatic carbocycles. The van der Waals surface area contributed by atoms with Gasteiger partial charge in [0.25, 0.3) is 0 Å². The van der Waals surface area contributed by atoms with Crippen LogP contribution in [-0.2, 0) is 5.41 Å². The summed E-state index contributed by atoms with van der Waals surface area (Å²) in [6.07, 6.45) is 2.20. The quantitative estimate of drug-likeness (QED) is 0.576. The van der Waals surface area contributed by atoms with Crippen LogP contribution in [0.2, 0.25) is 0 Å². The summed E-state index contributed by atoms with van der Waals surface area (Å²) in [7, 11) is 1.71. The van der Waals surface area contributed by atoms with Crippen molar-refractivity contribution in [1.29, 1.82) is 0 Å². The highest BCUT2D eigenvalue weighted by atomic mass is 32.1. The number of hydrogen-bond donors (Lipinski definition) is 0. The molecule has 7 heteroatoms. The molecule has 0 atom stereocenters. The number of hydrogen-bond acceptors (Lipinski definition) is 7. The number of para-hydroxylation sites is 1. The summed E-state index contributed by atoms with van der Waals surface area (Å²) >= 11 is 3.29. The number of piperidine rings is 1. The second kappa shape index (κ2) is 7.79. The summed E-state index contributed by atoms with van der Waals surface area (Å²) in [5.74, 6) is 2.33. The number of ether oxygens (including phenoxy) is 1. The SMILES string of the molecule is COc1ccccc1-c1csc(C2CCN(c3nc(C(C)(C)C)ns3)CC2)n1. The minimum absolute atomic E-state index is 0.00283. The van der Waals surface area contributed by atoms with Gasteiger partial charge < -0.3 is 9.64 Å². The van der Waals surface area contributed by atoms with Crippen molar-refractivity contribution in [2.75, 3.05) is 25.1 Å². The minimum atomic E-state index is 0.00283. The van der Waals surface area contributed by atoms with Gasteiger partial charge in [-0.25, -0.2) is 9.97 Å². The monoisotopic (exact) mass is 414 g/mol. The molecule has 0 saturated carbocycles. The summed E-state index contributed by atoms with van der Waals surface area (Å²) in [6, 6.07) is 8.08. The van der Waals surface area contributed by atoms with Crippen molar-refractivity contribution in [2.45, 2.75) is 44.9 Å². The second-order valence-electron chi connectivity index (χ2n) is 8.18. The van der Waals surface area contributed by atoms with Crippen LogP contribution >= 0.6 is 22.9 Å². The molecule has 0 aliphatic carbocycles. The molecule has 1 aliphatic rings. The van der Waals surface area contributed by atoms with Gasteiger partial charge in [-0.2, -0.15) is 4.37 Å². The third-order valence-corrected chi connectivity index (χ3v) is 6.89. The molecule has 2 aromatic heterocycles. The molecule has 0 N–H and O–H groups in total. The Morgan fingerprint density at radius 2 is 1.86 bits per heavy atom. The van der Waals surface area contributed by atoms with Crippen molar-refractivity contribution in [3.63, 3.8) is 0 Å². The molecule has 0 spiro atoms. The molecule has 1 fully saturated rings. The van der Waals surface area contributed by atoms with Gasteiger partial charge in [0.15, 0.2) is 0 Å². The molecule has 3 heterocycles. The lowest BCUT2D eigenvalue weighted by molar-refractivity contribution is 0.416. The second-order valence-corrected chi connectivity index (χ2v) is 9.80. The largest absolute Gasteiger partial charge is 0.496 e. The summed E-state index contributed by atoms with van der Waals surface area (Å²) in [5, 5.41) is 4.44. The molecule has 0 unspecified atom stereocenters. The van der Waals surface area contributed by atoms with E-state index in [9.17, 15) is 0 Å². The first kappa shape index (κ1) is 19.3. The molecule has 5 nitrogen and oxygen atoms in total. The molecule has 0 amide bonds. The van der Waals surface area contributed by atoms with Crippen LogP contribution in [0.5, 0.6) is 5.75 Å². The van der Waals surface area contributed by atoms with Crippen LogP contribution in [0.4, 0.5) is 5.13 Å². The van der Waals surface area contributed by atoms with Crippen LogP contribution in [0.25, 0.3) is 11.3 Å². The van der Waals surface area contributed by atoms with Gasteiger partial charge in [0.05, 0.1) is 17.8 Å². The van der Waals surface area contributed by atoms with E-state index in [0.717, 1.165) is 53.9 Å². The van der Waals surface area contributed by atoms with Gasteiger partial charge >= 0.3 is 0 Å². The predicted octanol–water partition coefficient (Wildman–Crippen LogP) is 5.35. The highest BCUT2D eigenvalue weighted by Gasteiger charge is 2.27. The average molecular weight is 415 g/mol. The van der Waals surface area contributed by atoms with Crippen LogP contribution < -0.4 is 9.64 Å². The Morgan fingerprint density at radius 3 is 2.54 bits per heavy atom. The third kappa shape index (κ3) is 3.91. The molecule has 1 aliphatic heterocycles. The van der Waals surface area contributed by atoms with E-state index in [1.165, 1.54) is 16.5 Å². The van der Waals surface area contributed by atoms with Crippen molar-refractivity contribution < 1.29 is 4.74 Å². The molecule has 3 aromatic rings. The van der Waals surface area contributed by atoms with Crippen molar-refractivity contribution in [2.24, 2.45) is 0 Å². The average Bonchev–Trinajstić information content (AvgIpc) is 3.38. The topological polar surface area (TPSA) is 51.1 Å². The number of anilines is 1. The Hall–Kier alpha value is -1.99. The zero-order valence-electron chi connectivity index (χ0n) is 16.8. The summed E-state index contributed by atoms with van der Waals surface area (Å²) in [5.41, 5.74) is 2.08. The van der Waals surface area contributed by atoms with Crippen LogP contribution in [0.15, 0.2) is 29.6 Å². The number of aromatic nitrogens is 3. The van der Waals surface area contributed by atoms with Crippen molar-refractivity contribution in [3.8, 4) is 17.0 Å². The predicted molar refractivity (Wildman–Crippen MR) is 117 cm³/mol. The maximum Gasteiger partial charge on any atom is 0.205 e. The fourth-order valence-corrected chi connectivity index (χ4v) is 5.32. The number of benzene rings is 1. The highest BCUT2D eigenvalue weighted by molar-refractivity contribution is 7.10. The fourth-order valence-electron chi connectivity index (χ4n) is 3.42. The smallest absolute Gasteiger partial charge is 0.205 e. The van der Waals surface area contributed by atoms with E-state index in [-0.39, 0.29) is 5.41 Å². The van der Waals surface area contributed by atoms with E-state index >= 15 is 0 Å². The minimum Gasteiger partial charge on any atom is -0.496 e. The molecule has 0 radical (unpaired) electrons. The van der Waals surface area contributed by atoms with Crippen LogP contribution in [0.3, 0.4) is 0 Å². The van der Waals surface area contributed by atoms with Gasteiger partial charge in [0.1, 0.15) is 11.6 Å². The zero-order chi connectivity index (χ0) is 19.7. The van der Waals surface area contributed by atoms with E-state index in [0.29, 0.717) is 5.92 Å². The summed E-state index contributed by atoms with van der Waals surface area (Å²) < 4.78 is 10.0. The zero-order valence-corrected chi connectivity index (χ0v) is 18.4. The van der Waals surface area contributed by atoms with E-state index < -0.39 is 0 Å². The Bertz CT molecular complexity index is 936. The van der Waals surface area contributed by atoms with Crippen LogP contribution in [0, 0.1) is 0 Å². The summed E-state index contributed by atoms with van der Waals surface area (Å²) in [4.78, 5) is 12.1. The molecular weight excluding hydrogens is 388 g/mol. The van der Waals surface area contributed by atoms with Crippen molar-refractivity contribution in [3.05, 3.63) is 40.5 Å². The van der Waals surface area contributed by atoms with E-state index in [1.54, 1.807) is 18.4 Å². The molecule has 148 valence electrons. The van der Waals surface area contributed by atoms with Gasteiger partial charge in [-0.1, -0.05) is 32.9 Å². The number of methoxy groups -OCH3 is 1. The first-order valence-electron chi connectivity index (χ1n) is 9.63. The summed E-state index contributed by atoms with van der Waals surface area (Å²) in [6.45, 7) is 8.49. The van der Waals surface area contributed by atoms with Gasteiger partial charge in [-0.15, -0.1) is 11.3 Å². The van der Waals surface area contributed by atoms with Gasteiger partial charge in [-0.3, -0.25) is 0 Å². The maximum atomic E-state index is 5.49. The van der Waals surface area contributed by atoms with Gasteiger partial charge in [0.2, 0.25) is 5.13 Å². The lowest BCUT2D eigenvalue weighted by atomic mass is 9.96. The number of nitrogens with zero attached hydrogens (tertiary/aromatic N) is 4. The number of rotatable bonds is 4. The van der Waals surface area contributed by atoms with E-state index in [1.807, 2.05) is 18.2 Å². The first-order chi connectivity index (χ1) is 13.5.